The number of carbonyl (C=O) groups excluding carboxylic acids is 1. The molecule has 1 aromatic carbocycles. The lowest BCUT2D eigenvalue weighted by molar-refractivity contribution is -0.136. The van der Waals surface area contributed by atoms with Gasteiger partial charge in [-0.2, -0.15) is 0 Å². The molecule has 2 rings (SSSR count). The summed E-state index contributed by atoms with van der Waals surface area (Å²) in [5.41, 5.74) is 6.97. The van der Waals surface area contributed by atoms with Gasteiger partial charge in [-0.1, -0.05) is 24.3 Å². The Bertz CT molecular complexity index is 525. The minimum absolute atomic E-state index is 0.0576. The highest BCUT2D eigenvalue weighted by Gasteiger charge is 2.22. The van der Waals surface area contributed by atoms with Crippen molar-refractivity contribution < 1.29 is 14.7 Å². The van der Waals surface area contributed by atoms with E-state index >= 15 is 0 Å². The Morgan fingerprint density at radius 2 is 2.16 bits per heavy atom. The van der Waals surface area contributed by atoms with Crippen molar-refractivity contribution in [2.24, 2.45) is 11.7 Å². The molecule has 1 aliphatic carbocycles. The quantitative estimate of drug-likeness (QED) is 0.708. The molecular formula is C14H16N2O3. The normalized spacial score (nSPS) is 21.3. The van der Waals surface area contributed by atoms with Crippen molar-refractivity contribution in [2.45, 2.75) is 18.9 Å². The zero-order valence-electron chi connectivity index (χ0n) is 10.4. The zero-order chi connectivity index (χ0) is 13.8. The summed E-state index contributed by atoms with van der Waals surface area (Å²) in [6, 6.07) is 6.79. The summed E-state index contributed by atoms with van der Waals surface area (Å²) in [6.07, 6.45) is 4.19. The Morgan fingerprint density at radius 3 is 2.79 bits per heavy atom. The second-order valence-corrected chi connectivity index (χ2v) is 4.65. The Kier molecular flexibility index (Phi) is 3.97. The van der Waals surface area contributed by atoms with E-state index in [9.17, 15) is 9.59 Å². The maximum absolute atomic E-state index is 12.0. The van der Waals surface area contributed by atoms with Gasteiger partial charge in [-0.15, -0.1) is 0 Å². The Hall–Kier alpha value is -2.14. The molecule has 0 saturated carbocycles. The summed E-state index contributed by atoms with van der Waals surface area (Å²) >= 11 is 0. The number of carbonyl (C=O) groups is 2. The first-order valence-corrected chi connectivity index (χ1v) is 6.10. The smallest absolute Gasteiger partial charge is 0.307 e. The molecule has 1 amide bonds. The van der Waals surface area contributed by atoms with E-state index in [2.05, 4.69) is 5.32 Å². The number of nitrogens with two attached hydrogens (primary N) is 1. The lowest BCUT2D eigenvalue weighted by atomic mass is 10.1. The second-order valence-electron chi connectivity index (χ2n) is 4.65. The van der Waals surface area contributed by atoms with E-state index in [1.165, 1.54) is 0 Å². The first kappa shape index (κ1) is 13.3. The molecule has 2 atom stereocenters. The molecule has 19 heavy (non-hydrogen) atoms. The van der Waals surface area contributed by atoms with Gasteiger partial charge in [0.1, 0.15) is 0 Å². The predicted molar refractivity (Wildman–Crippen MR) is 71.6 cm³/mol. The molecule has 100 valence electrons. The van der Waals surface area contributed by atoms with Crippen molar-refractivity contribution in [1.82, 2.24) is 0 Å². The van der Waals surface area contributed by atoms with Crippen LogP contribution in [0.25, 0.3) is 0 Å². The largest absolute Gasteiger partial charge is 0.481 e. The number of hydrogen-bond donors (Lipinski definition) is 3. The van der Waals surface area contributed by atoms with E-state index in [-0.39, 0.29) is 24.3 Å². The van der Waals surface area contributed by atoms with Gasteiger partial charge >= 0.3 is 5.97 Å². The number of anilines is 1. The Labute approximate surface area is 111 Å². The highest BCUT2D eigenvalue weighted by Crippen LogP contribution is 2.19. The third kappa shape index (κ3) is 3.66. The van der Waals surface area contributed by atoms with Crippen LogP contribution in [0.15, 0.2) is 36.4 Å². The summed E-state index contributed by atoms with van der Waals surface area (Å²) < 4.78 is 0. The van der Waals surface area contributed by atoms with Crippen molar-refractivity contribution in [2.75, 3.05) is 5.32 Å². The summed E-state index contributed by atoms with van der Waals surface area (Å²) in [6.45, 7) is 0. The summed E-state index contributed by atoms with van der Waals surface area (Å²) in [5, 5.41) is 11.5. The van der Waals surface area contributed by atoms with Gasteiger partial charge in [0.2, 0.25) is 5.91 Å². The van der Waals surface area contributed by atoms with Crippen LogP contribution < -0.4 is 11.1 Å². The van der Waals surface area contributed by atoms with Crippen molar-refractivity contribution in [3.63, 3.8) is 0 Å². The molecule has 0 saturated heterocycles. The van der Waals surface area contributed by atoms with Gasteiger partial charge in [-0.25, -0.2) is 0 Å². The fourth-order valence-electron chi connectivity index (χ4n) is 2.09. The minimum atomic E-state index is -0.895. The highest BCUT2D eigenvalue weighted by molar-refractivity contribution is 5.94. The third-order valence-electron chi connectivity index (χ3n) is 3.00. The van der Waals surface area contributed by atoms with Crippen LogP contribution in [0, 0.1) is 5.92 Å². The molecule has 0 bridgehead atoms. The number of carboxylic acid groups (broad SMARTS) is 1. The lowest BCUT2D eigenvalue weighted by Crippen LogP contribution is -2.24. The van der Waals surface area contributed by atoms with Crippen LogP contribution in [0.5, 0.6) is 0 Å². The Morgan fingerprint density at radius 1 is 1.37 bits per heavy atom. The van der Waals surface area contributed by atoms with Gasteiger partial charge in [-0.05, 0) is 24.1 Å². The minimum Gasteiger partial charge on any atom is -0.481 e. The van der Waals surface area contributed by atoms with Gasteiger partial charge in [-0.3, -0.25) is 9.59 Å². The monoisotopic (exact) mass is 260 g/mol. The molecule has 1 aromatic rings. The third-order valence-corrected chi connectivity index (χ3v) is 3.00. The van der Waals surface area contributed by atoms with Gasteiger partial charge in [0.25, 0.3) is 0 Å². The standard InChI is InChI=1S/C14H16N2O3/c15-11-5-4-10(8-11)14(19)16-12-3-1-2-9(6-12)7-13(17)18/h1-6,10-11H,7-8,15H2,(H,16,19)(H,17,18). The van der Waals surface area contributed by atoms with Gasteiger partial charge < -0.3 is 16.2 Å². The highest BCUT2D eigenvalue weighted by atomic mass is 16.4. The molecule has 4 N–H and O–H groups in total. The molecule has 0 spiro atoms. The van der Waals surface area contributed by atoms with E-state index < -0.39 is 5.97 Å². The van der Waals surface area contributed by atoms with Gasteiger partial charge in [0.05, 0.1) is 12.3 Å². The van der Waals surface area contributed by atoms with Crippen LogP contribution in [0.2, 0.25) is 0 Å². The SMILES string of the molecule is NC1C=CC(C(=O)Nc2cccc(CC(=O)O)c2)C1. The predicted octanol–water partition coefficient (Wildman–Crippen LogP) is 1.16. The molecule has 5 nitrogen and oxygen atoms in total. The van der Waals surface area contributed by atoms with E-state index in [1.807, 2.05) is 6.08 Å². The van der Waals surface area contributed by atoms with Crippen LogP contribution in [0.4, 0.5) is 5.69 Å². The number of rotatable bonds is 4. The van der Waals surface area contributed by atoms with Crippen molar-refractivity contribution in [1.29, 1.82) is 0 Å². The van der Waals surface area contributed by atoms with Crippen LogP contribution in [0.1, 0.15) is 12.0 Å². The van der Waals surface area contributed by atoms with Crippen LogP contribution in [-0.4, -0.2) is 23.0 Å². The average molecular weight is 260 g/mol. The topological polar surface area (TPSA) is 92.4 Å². The molecule has 0 heterocycles. The maximum Gasteiger partial charge on any atom is 0.307 e. The van der Waals surface area contributed by atoms with E-state index in [4.69, 9.17) is 10.8 Å². The first-order valence-electron chi connectivity index (χ1n) is 6.10. The maximum atomic E-state index is 12.0. The zero-order valence-corrected chi connectivity index (χ0v) is 10.4. The molecule has 0 fully saturated rings. The van der Waals surface area contributed by atoms with E-state index in [0.717, 1.165) is 0 Å². The molecule has 0 aliphatic heterocycles. The lowest BCUT2D eigenvalue weighted by Gasteiger charge is -2.11. The Balaban J connectivity index is 2.01. The molecular weight excluding hydrogens is 244 g/mol. The molecule has 2 unspecified atom stereocenters. The van der Waals surface area contributed by atoms with Gasteiger partial charge in [0.15, 0.2) is 0 Å². The fraction of sp³-hybridized carbons (Fsp3) is 0.286. The number of aliphatic carboxylic acids is 1. The van der Waals surface area contributed by atoms with Crippen LogP contribution in [-0.2, 0) is 16.0 Å². The molecule has 1 aliphatic rings. The summed E-state index contributed by atoms with van der Waals surface area (Å²) in [7, 11) is 0. The first-order chi connectivity index (χ1) is 9.04. The van der Waals surface area contributed by atoms with Crippen LogP contribution in [0.3, 0.4) is 0 Å². The number of benzene rings is 1. The van der Waals surface area contributed by atoms with E-state index in [1.54, 1.807) is 30.3 Å². The number of amides is 1. The van der Waals surface area contributed by atoms with Gasteiger partial charge in [0, 0.05) is 11.7 Å². The van der Waals surface area contributed by atoms with Crippen molar-refractivity contribution >= 4 is 17.6 Å². The molecule has 0 radical (unpaired) electrons. The van der Waals surface area contributed by atoms with Crippen LogP contribution >= 0.6 is 0 Å². The van der Waals surface area contributed by atoms with Crippen molar-refractivity contribution in [3.05, 3.63) is 42.0 Å². The summed E-state index contributed by atoms with van der Waals surface area (Å²) in [5.74, 6) is -1.22. The second kappa shape index (κ2) is 5.67. The molecule has 5 heteroatoms. The average Bonchev–Trinajstić information content (AvgIpc) is 2.75. The number of nitrogens with one attached hydrogen (secondary N) is 1. The van der Waals surface area contributed by atoms with E-state index in [0.29, 0.717) is 17.7 Å². The van der Waals surface area contributed by atoms with Crippen molar-refractivity contribution in [3.8, 4) is 0 Å². The summed E-state index contributed by atoms with van der Waals surface area (Å²) in [4.78, 5) is 22.6. The fourth-order valence-corrected chi connectivity index (χ4v) is 2.09. The molecule has 0 aromatic heterocycles. The number of carboxylic acids is 1. The number of hydrogen-bond acceptors (Lipinski definition) is 3.